The molecule has 13 heteroatoms. The van der Waals surface area contributed by atoms with E-state index in [1.807, 2.05) is 18.2 Å². The van der Waals surface area contributed by atoms with Gasteiger partial charge in [-0.1, -0.05) is 41.4 Å². The Morgan fingerprint density at radius 3 is 2.38 bits per heavy atom. The zero-order valence-electron chi connectivity index (χ0n) is 29.5. The summed E-state index contributed by atoms with van der Waals surface area (Å²) in [4.78, 5) is 35.6. The van der Waals surface area contributed by atoms with Gasteiger partial charge in [-0.25, -0.2) is 9.59 Å². The summed E-state index contributed by atoms with van der Waals surface area (Å²) in [7, 11) is 1.58. The molecule has 11 nitrogen and oxygen atoms in total. The lowest BCUT2D eigenvalue weighted by Crippen LogP contribution is -2.53. The molecule has 8 rings (SSSR count). The first-order chi connectivity index (χ1) is 25.7. The van der Waals surface area contributed by atoms with Crippen molar-refractivity contribution in [1.82, 2.24) is 9.88 Å². The van der Waals surface area contributed by atoms with Gasteiger partial charge in [0.1, 0.15) is 22.3 Å². The Kier molecular flexibility index (Phi) is 11.5. The monoisotopic (exact) mass is 760 g/mol. The number of anilines is 1. The van der Waals surface area contributed by atoms with Gasteiger partial charge in [0.15, 0.2) is 23.9 Å². The number of amides is 1. The van der Waals surface area contributed by atoms with Crippen LogP contribution in [-0.2, 0) is 22.4 Å². The highest BCUT2D eigenvalue weighted by atomic mass is 35.5. The minimum atomic E-state index is -0.848. The lowest BCUT2D eigenvalue weighted by atomic mass is 9.86. The largest absolute Gasteiger partial charge is 0.619 e. The zero-order chi connectivity index (χ0) is 36.9. The molecule has 53 heavy (non-hydrogen) atoms. The first-order valence-electron chi connectivity index (χ1n) is 18.1. The van der Waals surface area contributed by atoms with Crippen molar-refractivity contribution in [1.29, 1.82) is 0 Å². The number of aromatic nitrogens is 2. The van der Waals surface area contributed by atoms with Crippen molar-refractivity contribution in [3.8, 4) is 11.5 Å². The second-order valence-corrected chi connectivity index (χ2v) is 14.7. The van der Waals surface area contributed by atoms with Crippen LogP contribution < -0.4 is 19.1 Å². The summed E-state index contributed by atoms with van der Waals surface area (Å²) in [6.07, 6.45) is 10.6. The number of carbonyl (C=O) groups is 2. The first kappa shape index (κ1) is 36.8. The first-order valence-corrected chi connectivity index (χ1v) is 18.8. The zero-order valence-corrected chi connectivity index (χ0v) is 31.0. The number of rotatable bonds is 12. The number of ether oxygens (including phenoxy) is 4. The number of hydrogen-bond acceptors (Lipinski definition) is 9. The molecule has 1 amide bonds. The van der Waals surface area contributed by atoms with Crippen LogP contribution >= 0.6 is 23.2 Å². The van der Waals surface area contributed by atoms with E-state index in [0.29, 0.717) is 44.5 Å². The molecule has 3 aliphatic heterocycles. The van der Waals surface area contributed by atoms with Crippen LogP contribution in [0.4, 0.5) is 10.5 Å². The molecule has 0 radical (unpaired) electrons. The summed E-state index contributed by atoms with van der Waals surface area (Å²) in [5.74, 6) is 0.909. The fourth-order valence-electron chi connectivity index (χ4n) is 7.45. The molecule has 2 aromatic carbocycles. The normalized spacial score (nSPS) is 20.1. The third-order valence-electron chi connectivity index (χ3n) is 10.4. The van der Waals surface area contributed by atoms with Crippen molar-refractivity contribution in [3.63, 3.8) is 0 Å². The van der Waals surface area contributed by atoms with Gasteiger partial charge in [0.2, 0.25) is 0 Å². The summed E-state index contributed by atoms with van der Waals surface area (Å²) in [5, 5.41) is 12.3. The Hall–Kier alpha value is -4.58. The number of pyridine rings is 2. The summed E-state index contributed by atoms with van der Waals surface area (Å²) < 4.78 is 24.7. The number of halogens is 2. The van der Waals surface area contributed by atoms with Crippen molar-refractivity contribution in [3.05, 3.63) is 117 Å². The van der Waals surface area contributed by atoms with Crippen molar-refractivity contribution < 1.29 is 33.3 Å². The standard InChI is InChI=1S/C40H42Cl2N4O7/c1-50-35-13-12-29(19-37(35)51-31-6-2-3-7-31)36(20-32-33(41)23-45(49)24-34(32)42)52-39(47)28-10-8-26(9-11-28)22-46(30-5-4-16-43-21-30)40(48)53-38-25-44-17-14-27(38)15-18-44/h4-5,8-13,16,19,21,23-24,27,31,36,38H,2-3,6-7,14-15,17-18,20,22,25H2,1H3/t36?,38-/m0/s1. The molecule has 5 heterocycles. The Balaban J connectivity index is 1.10. The summed E-state index contributed by atoms with van der Waals surface area (Å²) in [6.45, 7) is 3.06. The lowest BCUT2D eigenvalue weighted by Gasteiger charge is -2.44. The van der Waals surface area contributed by atoms with Gasteiger partial charge in [0.25, 0.3) is 0 Å². The van der Waals surface area contributed by atoms with Crippen LogP contribution in [-0.4, -0.2) is 60.9 Å². The summed E-state index contributed by atoms with van der Waals surface area (Å²) >= 11 is 13.0. The van der Waals surface area contributed by atoms with E-state index in [1.165, 1.54) is 12.4 Å². The van der Waals surface area contributed by atoms with E-state index in [2.05, 4.69) is 9.88 Å². The van der Waals surface area contributed by atoms with Crippen molar-refractivity contribution in [2.75, 3.05) is 31.6 Å². The molecule has 1 aliphatic carbocycles. The lowest BCUT2D eigenvalue weighted by molar-refractivity contribution is -0.605. The quantitative estimate of drug-likeness (QED) is 0.0813. The number of fused-ring (bicyclic) bond motifs is 3. The minimum Gasteiger partial charge on any atom is -0.619 e. The van der Waals surface area contributed by atoms with Crippen LogP contribution in [0.5, 0.6) is 11.5 Å². The molecule has 2 bridgehead atoms. The SMILES string of the molecule is COc1ccc(C(Cc2c(Cl)c[n+]([O-])cc2Cl)OC(=O)c2ccc(CN(C(=O)O[C@H]3CN4CCC3CC4)c3cccnc3)cc2)cc1OC1CCCC1. The van der Waals surface area contributed by atoms with Crippen LogP contribution in [0.1, 0.15) is 71.7 Å². The number of hydrogen-bond donors (Lipinski definition) is 0. The Bertz CT molecular complexity index is 1880. The highest BCUT2D eigenvalue weighted by Gasteiger charge is 2.37. The van der Waals surface area contributed by atoms with Gasteiger partial charge in [-0.2, -0.15) is 4.73 Å². The summed E-state index contributed by atoms with van der Waals surface area (Å²) in [6, 6.07) is 15.9. The molecule has 4 aromatic rings. The number of benzene rings is 2. The molecule has 278 valence electrons. The van der Waals surface area contributed by atoms with Crippen LogP contribution in [0.3, 0.4) is 0 Å². The van der Waals surface area contributed by atoms with E-state index in [-0.39, 0.29) is 35.2 Å². The van der Waals surface area contributed by atoms with Gasteiger partial charge >= 0.3 is 12.1 Å². The highest BCUT2D eigenvalue weighted by Crippen LogP contribution is 2.38. The maximum atomic E-state index is 13.8. The van der Waals surface area contributed by atoms with Gasteiger partial charge < -0.3 is 24.2 Å². The van der Waals surface area contributed by atoms with Gasteiger partial charge in [-0.3, -0.25) is 14.8 Å². The van der Waals surface area contributed by atoms with Gasteiger partial charge in [-0.15, -0.1) is 0 Å². The van der Waals surface area contributed by atoms with Crippen LogP contribution in [0.15, 0.2) is 79.4 Å². The number of piperidine rings is 3. The third kappa shape index (κ3) is 8.80. The number of nitrogens with zero attached hydrogens (tertiary/aromatic N) is 4. The molecular weight excluding hydrogens is 719 g/mol. The predicted molar refractivity (Wildman–Crippen MR) is 199 cm³/mol. The van der Waals surface area contributed by atoms with Gasteiger partial charge in [0.05, 0.1) is 37.2 Å². The van der Waals surface area contributed by atoms with E-state index in [4.69, 9.17) is 42.1 Å². The van der Waals surface area contributed by atoms with E-state index in [1.54, 1.807) is 60.8 Å². The maximum absolute atomic E-state index is 13.8. The van der Waals surface area contributed by atoms with Crippen molar-refractivity contribution in [2.24, 2.45) is 5.92 Å². The predicted octanol–water partition coefficient (Wildman–Crippen LogP) is 7.73. The molecule has 1 unspecified atom stereocenters. The second-order valence-electron chi connectivity index (χ2n) is 13.9. The molecule has 0 spiro atoms. The highest BCUT2D eigenvalue weighted by molar-refractivity contribution is 6.35. The smallest absolute Gasteiger partial charge is 0.414 e. The van der Waals surface area contributed by atoms with E-state index >= 15 is 0 Å². The fourth-order valence-corrected chi connectivity index (χ4v) is 8.05. The molecule has 0 N–H and O–H groups in total. The fraction of sp³-hybridized carbons (Fsp3) is 0.400. The Morgan fingerprint density at radius 2 is 1.74 bits per heavy atom. The van der Waals surface area contributed by atoms with Crippen molar-refractivity contribution in [2.45, 2.75) is 69.8 Å². The third-order valence-corrected chi connectivity index (χ3v) is 11.1. The maximum Gasteiger partial charge on any atom is 0.414 e. The number of carbonyl (C=O) groups excluding carboxylic acids is 2. The molecule has 2 atom stereocenters. The molecule has 4 aliphatic rings. The average molecular weight is 762 g/mol. The second kappa shape index (κ2) is 16.6. The number of esters is 1. The van der Waals surface area contributed by atoms with Crippen LogP contribution in [0, 0.1) is 11.1 Å². The molecule has 3 saturated heterocycles. The van der Waals surface area contributed by atoms with E-state index in [0.717, 1.165) is 63.7 Å². The minimum absolute atomic E-state index is 0.0699. The van der Waals surface area contributed by atoms with Gasteiger partial charge in [0, 0.05) is 24.7 Å². The molecule has 4 fully saturated rings. The van der Waals surface area contributed by atoms with Gasteiger partial charge in [-0.05, 0) is 105 Å². The van der Waals surface area contributed by atoms with E-state index < -0.39 is 18.2 Å². The average Bonchev–Trinajstić information content (AvgIpc) is 3.69. The molecular formula is C40H42Cl2N4O7. The van der Waals surface area contributed by atoms with Crippen LogP contribution in [0.25, 0.3) is 0 Å². The topological polar surface area (TPSA) is 117 Å². The summed E-state index contributed by atoms with van der Waals surface area (Å²) in [5.41, 5.74) is 2.80. The van der Waals surface area contributed by atoms with Crippen LogP contribution in [0.2, 0.25) is 10.0 Å². The van der Waals surface area contributed by atoms with Crippen molar-refractivity contribution >= 4 is 41.0 Å². The number of methoxy groups -OCH3 is 1. The Morgan fingerprint density at radius 1 is 1.00 bits per heavy atom. The molecule has 2 aromatic heterocycles. The molecule has 1 saturated carbocycles. The van der Waals surface area contributed by atoms with E-state index in [9.17, 15) is 14.8 Å². The Labute approximate surface area is 318 Å².